The maximum Gasteiger partial charge on any atom is 0.110 e. The molecule has 2 aliphatic carbocycles. The molecule has 1 aliphatic heterocycles. The van der Waals surface area contributed by atoms with Gasteiger partial charge in [-0.3, -0.25) is 4.21 Å². The Balaban J connectivity index is 1.82. The van der Waals surface area contributed by atoms with E-state index in [-0.39, 0.29) is 23.0 Å². The Morgan fingerprint density at radius 1 is 1.18 bits per heavy atom. The summed E-state index contributed by atoms with van der Waals surface area (Å²) < 4.78 is 12.9. The van der Waals surface area contributed by atoms with Crippen LogP contribution in [0.25, 0.3) is 0 Å². The zero-order valence-electron chi connectivity index (χ0n) is 11.9. The van der Waals surface area contributed by atoms with Gasteiger partial charge in [-0.15, -0.1) is 0 Å². The summed E-state index contributed by atoms with van der Waals surface area (Å²) in [6.45, 7) is 4.18. The monoisotopic (exact) mass is 350 g/mol. The van der Waals surface area contributed by atoms with Crippen LogP contribution in [-0.4, -0.2) is 9.46 Å². The van der Waals surface area contributed by atoms with Crippen LogP contribution in [0.5, 0.6) is 0 Å². The molecule has 1 aromatic carbocycles. The minimum atomic E-state index is -0.939. The van der Waals surface area contributed by atoms with E-state index in [0.717, 1.165) is 17.6 Å². The van der Waals surface area contributed by atoms with E-state index < -0.39 is 10.8 Å². The fourth-order valence-corrected chi connectivity index (χ4v) is 6.87. The lowest BCUT2D eigenvalue weighted by molar-refractivity contribution is 0.390. The standard InChI is InChI=1S/C18H16Cl2OS/c1-10-13-9-14(15(10)18(19)20)16-12(7-8-22(21)17(13)16)11-5-3-2-4-6-11/h2-8,12-14,16-17H,1,9H2. The molecule has 1 aromatic rings. The van der Waals surface area contributed by atoms with Gasteiger partial charge in [0.15, 0.2) is 0 Å². The van der Waals surface area contributed by atoms with Crippen molar-refractivity contribution in [2.75, 3.05) is 0 Å². The number of allylic oxidation sites excluding steroid dienone is 3. The van der Waals surface area contributed by atoms with Crippen molar-refractivity contribution in [2.45, 2.75) is 17.6 Å². The van der Waals surface area contributed by atoms with Gasteiger partial charge in [-0.1, -0.05) is 66.2 Å². The van der Waals surface area contributed by atoms with Crippen LogP contribution in [0.3, 0.4) is 0 Å². The minimum Gasteiger partial charge on any atom is -0.255 e. The van der Waals surface area contributed by atoms with Crippen LogP contribution in [0.1, 0.15) is 17.9 Å². The molecule has 6 unspecified atom stereocenters. The Bertz CT molecular complexity index is 718. The molecule has 22 heavy (non-hydrogen) atoms. The predicted octanol–water partition coefficient (Wildman–Crippen LogP) is 4.93. The van der Waals surface area contributed by atoms with Crippen LogP contribution in [0.4, 0.5) is 0 Å². The summed E-state index contributed by atoms with van der Waals surface area (Å²) in [5, 5.41) is 2.02. The first-order valence-electron chi connectivity index (χ1n) is 7.46. The van der Waals surface area contributed by atoms with E-state index in [4.69, 9.17) is 23.2 Å². The van der Waals surface area contributed by atoms with Crippen molar-refractivity contribution >= 4 is 34.0 Å². The second kappa shape index (κ2) is 5.36. The molecule has 2 fully saturated rings. The highest BCUT2D eigenvalue weighted by atomic mass is 35.5. The topological polar surface area (TPSA) is 17.1 Å². The molecule has 114 valence electrons. The van der Waals surface area contributed by atoms with Gasteiger partial charge in [0.2, 0.25) is 0 Å². The van der Waals surface area contributed by atoms with Crippen molar-refractivity contribution in [1.82, 2.24) is 0 Å². The average molecular weight is 351 g/mol. The first-order valence-corrected chi connectivity index (χ1v) is 9.49. The number of hydrogen-bond acceptors (Lipinski definition) is 1. The molecule has 0 spiro atoms. The number of rotatable bonds is 1. The fourth-order valence-electron chi connectivity index (χ4n) is 4.57. The third-order valence-corrected chi connectivity index (χ3v) is 7.42. The van der Waals surface area contributed by atoms with Crippen LogP contribution in [-0.2, 0) is 10.8 Å². The van der Waals surface area contributed by atoms with Crippen LogP contribution >= 0.6 is 23.2 Å². The number of benzene rings is 1. The molecule has 1 nitrogen and oxygen atoms in total. The summed E-state index contributed by atoms with van der Waals surface area (Å²) in [4.78, 5) is 0. The van der Waals surface area contributed by atoms with Crippen molar-refractivity contribution in [3.05, 3.63) is 69.6 Å². The first-order chi connectivity index (χ1) is 10.6. The number of fused-ring (bicyclic) bond motifs is 5. The molecule has 1 heterocycles. The maximum absolute atomic E-state index is 12.6. The molecule has 0 radical (unpaired) electrons. The van der Waals surface area contributed by atoms with Gasteiger partial charge in [0.25, 0.3) is 0 Å². The van der Waals surface area contributed by atoms with E-state index >= 15 is 0 Å². The highest BCUT2D eigenvalue weighted by molar-refractivity contribution is 7.88. The summed E-state index contributed by atoms with van der Waals surface area (Å²) in [5.74, 6) is 1.09. The molecular formula is C18H16Cl2OS. The van der Waals surface area contributed by atoms with Gasteiger partial charge in [-0.05, 0) is 46.3 Å². The molecule has 0 N–H and O–H groups in total. The summed E-state index contributed by atoms with van der Waals surface area (Å²) in [5.41, 5.74) is 3.28. The summed E-state index contributed by atoms with van der Waals surface area (Å²) >= 11 is 12.2. The van der Waals surface area contributed by atoms with Crippen molar-refractivity contribution < 1.29 is 4.21 Å². The minimum absolute atomic E-state index is 0.143. The van der Waals surface area contributed by atoms with Gasteiger partial charge in [-0.2, -0.15) is 0 Å². The van der Waals surface area contributed by atoms with E-state index in [1.807, 2.05) is 11.5 Å². The molecule has 4 rings (SSSR count). The Kier molecular flexibility index (Phi) is 3.60. The third-order valence-electron chi connectivity index (χ3n) is 5.40. The van der Waals surface area contributed by atoms with Crippen LogP contribution in [0.2, 0.25) is 0 Å². The van der Waals surface area contributed by atoms with Crippen LogP contribution < -0.4 is 0 Å². The quantitative estimate of drug-likeness (QED) is 0.701. The smallest absolute Gasteiger partial charge is 0.110 e. The lowest BCUT2D eigenvalue weighted by Gasteiger charge is -2.39. The normalized spacial score (nSPS) is 39.2. The van der Waals surface area contributed by atoms with E-state index in [2.05, 4.69) is 36.9 Å². The van der Waals surface area contributed by atoms with Crippen molar-refractivity contribution in [3.63, 3.8) is 0 Å². The largest absolute Gasteiger partial charge is 0.255 e. The van der Waals surface area contributed by atoms with Gasteiger partial charge in [0.1, 0.15) is 4.49 Å². The van der Waals surface area contributed by atoms with Gasteiger partial charge < -0.3 is 0 Å². The summed E-state index contributed by atoms with van der Waals surface area (Å²) in [6.07, 6.45) is 3.08. The number of hydrogen-bond donors (Lipinski definition) is 0. The Morgan fingerprint density at radius 2 is 1.91 bits per heavy atom. The van der Waals surface area contributed by atoms with E-state index in [1.54, 1.807) is 0 Å². The molecule has 0 aromatic heterocycles. The summed E-state index contributed by atoms with van der Waals surface area (Å²) in [7, 11) is -0.939. The molecule has 2 bridgehead atoms. The Morgan fingerprint density at radius 3 is 2.59 bits per heavy atom. The van der Waals surface area contributed by atoms with E-state index in [0.29, 0.717) is 10.4 Å². The first kappa shape index (κ1) is 14.7. The summed E-state index contributed by atoms with van der Waals surface area (Å²) in [6, 6.07) is 10.4. The molecular weight excluding hydrogens is 335 g/mol. The lowest BCUT2D eigenvalue weighted by Crippen LogP contribution is -2.38. The Hall–Kier alpha value is -0.830. The third kappa shape index (κ3) is 2.01. The zero-order chi connectivity index (χ0) is 15.4. The fraction of sp³-hybridized carbons (Fsp3) is 0.333. The Labute approximate surface area is 143 Å². The molecule has 0 amide bonds. The van der Waals surface area contributed by atoms with Gasteiger partial charge >= 0.3 is 0 Å². The van der Waals surface area contributed by atoms with Crippen molar-refractivity contribution in [1.29, 1.82) is 0 Å². The van der Waals surface area contributed by atoms with Crippen LogP contribution in [0, 0.1) is 17.8 Å². The highest BCUT2D eigenvalue weighted by Gasteiger charge is 2.57. The maximum atomic E-state index is 12.6. The lowest BCUT2D eigenvalue weighted by atomic mass is 9.73. The second-order valence-electron chi connectivity index (χ2n) is 6.28. The van der Waals surface area contributed by atoms with E-state index in [9.17, 15) is 4.21 Å². The molecule has 3 aliphatic rings. The second-order valence-corrected chi connectivity index (χ2v) is 8.71. The van der Waals surface area contributed by atoms with Crippen molar-refractivity contribution in [2.24, 2.45) is 17.8 Å². The van der Waals surface area contributed by atoms with Gasteiger partial charge in [0.05, 0.1) is 0 Å². The van der Waals surface area contributed by atoms with Crippen molar-refractivity contribution in [3.8, 4) is 0 Å². The number of halogens is 2. The molecule has 4 heteroatoms. The van der Waals surface area contributed by atoms with E-state index in [1.165, 1.54) is 5.56 Å². The molecule has 2 saturated carbocycles. The SMILES string of the molecule is C=C1C(=C(Cl)Cl)C2CC1C1C2C(c2ccccc2)C=CS1=O. The predicted molar refractivity (Wildman–Crippen MR) is 93.2 cm³/mol. The average Bonchev–Trinajstić information content (AvgIpc) is 3.04. The van der Waals surface area contributed by atoms with Gasteiger partial charge in [0, 0.05) is 22.0 Å². The highest BCUT2D eigenvalue weighted by Crippen LogP contribution is 2.62. The molecule has 6 atom stereocenters. The van der Waals surface area contributed by atoms with Crippen LogP contribution in [0.15, 0.2) is 64.0 Å². The zero-order valence-corrected chi connectivity index (χ0v) is 14.2. The van der Waals surface area contributed by atoms with Gasteiger partial charge in [-0.25, -0.2) is 0 Å². The molecule has 0 saturated heterocycles.